The summed E-state index contributed by atoms with van der Waals surface area (Å²) in [5, 5.41) is 9.75. The number of nitrogens with zero attached hydrogens (tertiary/aromatic N) is 2. The Kier molecular flexibility index (Phi) is 4.90. The largest absolute Gasteiger partial charge is 0.348 e. The summed E-state index contributed by atoms with van der Waals surface area (Å²) in [7, 11) is 0. The maximum atomic E-state index is 12.4. The third-order valence-corrected chi connectivity index (χ3v) is 3.96. The van der Waals surface area contributed by atoms with Gasteiger partial charge in [0.1, 0.15) is 5.56 Å². The molecule has 0 atom stereocenters. The number of H-pyrrole nitrogens is 1. The van der Waals surface area contributed by atoms with Gasteiger partial charge in [-0.15, -0.1) is 0 Å². The Hall–Kier alpha value is -2.99. The lowest BCUT2D eigenvalue weighted by Crippen LogP contribution is -2.29. The van der Waals surface area contributed by atoms with Gasteiger partial charge in [-0.2, -0.15) is 5.10 Å². The van der Waals surface area contributed by atoms with Crippen molar-refractivity contribution >= 4 is 17.5 Å². The first-order valence-electron chi connectivity index (χ1n) is 7.58. The molecule has 3 aromatic rings. The number of benzene rings is 1. The molecule has 2 aromatic heterocycles. The van der Waals surface area contributed by atoms with Crippen molar-refractivity contribution in [1.29, 1.82) is 0 Å². The average Bonchev–Trinajstić information content (AvgIpc) is 2.62. The summed E-state index contributed by atoms with van der Waals surface area (Å²) in [6, 6.07) is 10.4. The first-order chi connectivity index (χ1) is 12.0. The van der Waals surface area contributed by atoms with Crippen LogP contribution in [0.2, 0.25) is 5.02 Å². The second-order valence-electron chi connectivity index (χ2n) is 5.50. The van der Waals surface area contributed by atoms with Crippen LogP contribution in [0.5, 0.6) is 0 Å². The lowest BCUT2D eigenvalue weighted by atomic mass is 10.1. The van der Waals surface area contributed by atoms with Gasteiger partial charge in [0.05, 0.1) is 5.69 Å². The number of rotatable bonds is 4. The predicted molar refractivity (Wildman–Crippen MR) is 95.4 cm³/mol. The van der Waals surface area contributed by atoms with Crippen molar-refractivity contribution in [3.05, 3.63) is 80.9 Å². The van der Waals surface area contributed by atoms with E-state index in [9.17, 15) is 9.59 Å². The van der Waals surface area contributed by atoms with Crippen LogP contribution in [0.4, 0.5) is 0 Å². The Bertz CT molecular complexity index is 967. The quantitative estimate of drug-likeness (QED) is 0.754. The first-order valence-corrected chi connectivity index (χ1v) is 7.96. The molecule has 0 radical (unpaired) electrons. The van der Waals surface area contributed by atoms with E-state index in [0.717, 1.165) is 16.7 Å². The number of hydrogen-bond donors (Lipinski definition) is 2. The molecule has 0 saturated heterocycles. The summed E-state index contributed by atoms with van der Waals surface area (Å²) < 4.78 is 0. The molecule has 3 rings (SSSR count). The normalized spacial score (nSPS) is 10.5. The van der Waals surface area contributed by atoms with Crippen molar-refractivity contribution in [3.8, 4) is 11.3 Å². The number of nitrogens with one attached hydrogen (secondary N) is 2. The molecule has 1 amide bonds. The van der Waals surface area contributed by atoms with E-state index in [1.165, 1.54) is 6.07 Å². The fourth-order valence-corrected chi connectivity index (χ4v) is 2.48. The number of hydrogen-bond acceptors (Lipinski definition) is 4. The molecule has 0 saturated carbocycles. The van der Waals surface area contributed by atoms with Crippen LogP contribution in [0.15, 0.2) is 53.6 Å². The lowest BCUT2D eigenvalue weighted by molar-refractivity contribution is 0.0949. The zero-order valence-corrected chi connectivity index (χ0v) is 14.2. The van der Waals surface area contributed by atoms with Gasteiger partial charge in [0, 0.05) is 29.5 Å². The van der Waals surface area contributed by atoms with Gasteiger partial charge >= 0.3 is 0 Å². The SMILES string of the molecule is Cc1cnccc1-c1cc(C(=O)NCc2ccc(Cl)cc2)c(=O)[nH]n1. The molecule has 25 heavy (non-hydrogen) atoms. The molecule has 0 fully saturated rings. The third-order valence-electron chi connectivity index (χ3n) is 3.71. The molecular weight excluding hydrogens is 340 g/mol. The van der Waals surface area contributed by atoms with E-state index in [4.69, 9.17) is 11.6 Å². The fourth-order valence-electron chi connectivity index (χ4n) is 2.35. The van der Waals surface area contributed by atoms with Crippen LogP contribution in [0.25, 0.3) is 11.3 Å². The van der Waals surface area contributed by atoms with Crippen LogP contribution in [-0.2, 0) is 6.54 Å². The highest BCUT2D eigenvalue weighted by atomic mass is 35.5. The summed E-state index contributed by atoms with van der Waals surface area (Å²) in [4.78, 5) is 28.4. The number of aromatic amines is 1. The van der Waals surface area contributed by atoms with Gasteiger partial charge < -0.3 is 5.32 Å². The first kappa shape index (κ1) is 16.9. The van der Waals surface area contributed by atoms with Crippen molar-refractivity contribution in [2.45, 2.75) is 13.5 Å². The zero-order chi connectivity index (χ0) is 17.8. The van der Waals surface area contributed by atoms with Gasteiger partial charge in [-0.3, -0.25) is 14.6 Å². The number of aryl methyl sites for hydroxylation is 1. The van der Waals surface area contributed by atoms with Gasteiger partial charge in [0.25, 0.3) is 11.5 Å². The maximum Gasteiger partial charge on any atom is 0.277 e. The van der Waals surface area contributed by atoms with Gasteiger partial charge in [-0.05, 0) is 42.3 Å². The minimum atomic E-state index is -0.538. The van der Waals surface area contributed by atoms with Crippen molar-refractivity contribution in [2.24, 2.45) is 0 Å². The van der Waals surface area contributed by atoms with Gasteiger partial charge in [0.2, 0.25) is 0 Å². The molecule has 2 N–H and O–H groups in total. The molecule has 6 nitrogen and oxygen atoms in total. The average molecular weight is 355 g/mol. The van der Waals surface area contributed by atoms with Crippen LogP contribution in [0, 0.1) is 6.92 Å². The number of pyridine rings is 1. The Morgan fingerprint density at radius 2 is 2.00 bits per heavy atom. The Balaban J connectivity index is 1.82. The molecule has 126 valence electrons. The van der Waals surface area contributed by atoms with E-state index < -0.39 is 11.5 Å². The van der Waals surface area contributed by atoms with E-state index in [2.05, 4.69) is 20.5 Å². The van der Waals surface area contributed by atoms with Crippen molar-refractivity contribution in [1.82, 2.24) is 20.5 Å². The number of amides is 1. The minimum absolute atomic E-state index is 0.00942. The number of carbonyl (C=O) groups excluding carboxylic acids is 1. The van der Waals surface area contributed by atoms with E-state index >= 15 is 0 Å². The number of aromatic nitrogens is 3. The van der Waals surface area contributed by atoms with Crippen molar-refractivity contribution < 1.29 is 4.79 Å². The molecule has 1 aromatic carbocycles. The second kappa shape index (κ2) is 7.27. The van der Waals surface area contributed by atoms with Crippen molar-refractivity contribution in [2.75, 3.05) is 0 Å². The molecule has 0 spiro atoms. The van der Waals surface area contributed by atoms with E-state index in [0.29, 0.717) is 17.3 Å². The summed E-state index contributed by atoms with van der Waals surface area (Å²) in [5.41, 5.74) is 2.57. The summed E-state index contributed by atoms with van der Waals surface area (Å²) in [5.74, 6) is -0.466. The van der Waals surface area contributed by atoms with E-state index in [1.54, 1.807) is 30.6 Å². The molecule has 0 aliphatic rings. The maximum absolute atomic E-state index is 12.4. The molecule has 0 aliphatic carbocycles. The lowest BCUT2D eigenvalue weighted by Gasteiger charge is -2.07. The van der Waals surface area contributed by atoms with E-state index in [1.807, 2.05) is 19.1 Å². The molecule has 0 unspecified atom stereocenters. The van der Waals surface area contributed by atoms with Gasteiger partial charge in [0.15, 0.2) is 0 Å². The van der Waals surface area contributed by atoms with E-state index in [-0.39, 0.29) is 5.56 Å². The molecular formula is C18H15ClN4O2. The molecule has 7 heteroatoms. The predicted octanol–water partition coefficient (Wildman–Crippen LogP) is 2.72. The highest BCUT2D eigenvalue weighted by Gasteiger charge is 2.14. The van der Waals surface area contributed by atoms with Gasteiger partial charge in [-0.1, -0.05) is 23.7 Å². The van der Waals surface area contributed by atoms with Crippen LogP contribution in [0.3, 0.4) is 0 Å². The van der Waals surface area contributed by atoms with Crippen molar-refractivity contribution in [3.63, 3.8) is 0 Å². The molecule has 0 bridgehead atoms. The summed E-state index contributed by atoms with van der Waals surface area (Å²) >= 11 is 5.84. The highest BCUT2D eigenvalue weighted by molar-refractivity contribution is 6.30. The van der Waals surface area contributed by atoms with Crippen LogP contribution in [-0.4, -0.2) is 21.1 Å². The highest BCUT2D eigenvalue weighted by Crippen LogP contribution is 2.19. The molecule has 0 aliphatic heterocycles. The summed E-state index contributed by atoms with van der Waals surface area (Å²) in [6.45, 7) is 2.18. The minimum Gasteiger partial charge on any atom is -0.348 e. The van der Waals surface area contributed by atoms with Crippen LogP contribution >= 0.6 is 11.6 Å². The summed E-state index contributed by atoms with van der Waals surface area (Å²) in [6.07, 6.45) is 3.33. The topological polar surface area (TPSA) is 87.7 Å². The zero-order valence-electron chi connectivity index (χ0n) is 13.4. The Morgan fingerprint density at radius 1 is 1.24 bits per heavy atom. The Morgan fingerprint density at radius 3 is 2.72 bits per heavy atom. The number of halogens is 1. The fraction of sp³-hybridized carbons (Fsp3) is 0.111. The van der Waals surface area contributed by atoms with Crippen LogP contribution in [0.1, 0.15) is 21.5 Å². The van der Waals surface area contributed by atoms with Crippen LogP contribution < -0.4 is 10.9 Å². The third kappa shape index (κ3) is 3.92. The standard InChI is InChI=1S/C18H15ClN4O2/c1-11-9-20-7-6-14(11)16-8-15(18(25)23-22-16)17(24)21-10-12-2-4-13(19)5-3-12/h2-9H,10H2,1H3,(H,21,24)(H,23,25). The number of carbonyl (C=O) groups is 1. The Labute approximate surface area is 148 Å². The molecule has 2 heterocycles. The smallest absolute Gasteiger partial charge is 0.277 e. The monoisotopic (exact) mass is 354 g/mol. The van der Waals surface area contributed by atoms with Gasteiger partial charge in [-0.25, -0.2) is 5.10 Å². The second-order valence-corrected chi connectivity index (χ2v) is 5.93.